The fourth-order valence-electron chi connectivity index (χ4n) is 5.28. The lowest BCUT2D eigenvalue weighted by atomic mass is 9.83. The van der Waals surface area contributed by atoms with Gasteiger partial charge in [0.15, 0.2) is 17.7 Å². The molecule has 1 aliphatic carbocycles. The van der Waals surface area contributed by atoms with Crippen LogP contribution in [0.15, 0.2) is 36.4 Å². The molecule has 2 aromatic carbocycles. The number of rotatable bonds is 17. The lowest BCUT2D eigenvalue weighted by Gasteiger charge is -2.29. The van der Waals surface area contributed by atoms with Crippen LogP contribution in [-0.4, -0.2) is 30.8 Å². The maximum absolute atomic E-state index is 14.7. The van der Waals surface area contributed by atoms with Gasteiger partial charge in [-0.3, -0.25) is 0 Å². The molecule has 0 bridgehead atoms. The van der Waals surface area contributed by atoms with Gasteiger partial charge in [-0.2, -0.15) is 4.39 Å². The quantitative estimate of drug-likeness (QED) is 0.104. The highest BCUT2D eigenvalue weighted by Gasteiger charge is 2.28. The standard InChI is InChI=1S/C34H45F3O5/c1-3-5-7-8-9-11-23-40-30-22-21-28(31(36)32(30)37)33(38)41-26-17-13-24(14-18-26)25-15-19-27(20-16-25)42-34(39)29(35)12-10-6-4-2/h13-14,17-18,21-22,25,27,29H,3-12,15-16,19-20,23H2,1-2H3. The summed E-state index contributed by atoms with van der Waals surface area (Å²) in [6.07, 6.45) is 10.1. The molecule has 3 rings (SSSR count). The minimum absolute atomic E-state index is 0.208. The average molecular weight is 591 g/mol. The van der Waals surface area contributed by atoms with Crippen molar-refractivity contribution in [3.63, 3.8) is 0 Å². The van der Waals surface area contributed by atoms with E-state index in [1.807, 2.05) is 19.1 Å². The Morgan fingerprint density at radius 3 is 2.14 bits per heavy atom. The van der Waals surface area contributed by atoms with Gasteiger partial charge in [-0.1, -0.05) is 70.9 Å². The highest BCUT2D eigenvalue weighted by atomic mass is 19.2. The molecular weight excluding hydrogens is 545 g/mol. The number of alkyl halides is 1. The van der Waals surface area contributed by atoms with Gasteiger partial charge >= 0.3 is 11.9 Å². The summed E-state index contributed by atoms with van der Waals surface area (Å²) >= 11 is 0. The maximum atomic E-state index is 14.7. The number of ether oxygens (including phenoxy) is 3. The monoisotopic (exact) mass is 590 g/mol. The van der Waals surface area contributed by atoms with E-state index < -0.39 is 35.3 Å². The molecule has 42 heavy (non-hydrogen) atoms. The van der Waals surface area contributed by atoms with Crippen LogP contribution in [0.5, 0.6) is 11.5 Å². The number of halogens is 3. The second kappa shape index (κ2) is 17.8. The summed E-state index contributed by atoms with van der Waals surface area (Å²) < 4.78 is 59.3. The van der Waals surface area contributed by atoms with Crippen LogP contribution in [-0.2, 0) is 9.53 Å². The van der Waals surface area contributed by atoms with E-state index in [4.69, 9.17) is 14.2 Å². The average Bonchev–Trinajstić information content (AvgIpc) is 2.99. The number of carbonyl (C=O) groups is 2. The summed E-state index contributed by atoms with van der Waals surface area (Å²) in [6.45, 7) is 4.46. The topological polar surface area (TPSA) is 61.8 Å². The Bertz CT molecular complexity index is 1110. The maximum Gasteiger partial charge on any atom is 0.346 e. The number of esters is 2. The second-order valence-corrected chi connectivity index (χ2v) is 11.2. The molecule has 0 N–H and O–H groups in total. The van der Waals surface area contributed by atoms with Crippen LogP contribution in [0.1, 0.15) is 126 Å². The number of unbranched alkanes of at least 4 members (excludes halogenated alkanes) is 7. The first-order valence-electron chi connectivity index (χ1n) is 15.6. The Hall–Kier alpha value is -3.03. The predicted octanol–water partition coefficient (Wildman–Crippen LogP) is 9.41. The molecule has 0 amide bonds. The van der Waals surface area contributed by atoms with E-state index in [0.29, 0.717) is 19.3 Å². The van der Waals surface area contributed by atoms with Gasteiger partial charge in [0.1, 0.15) is 11.9 Å². The van der Waals surface area contributed by atoms with Crippen LogP contribution < -0.4 is 9.47 Å². The van der Waals surface area contributed by atoms with Crippen molar-refractivity contribution in [1.82, 2.24) is 0 Å². The molecule has 2 aromatic rings. The van der Waals surface area contributed by atoms with E-state index in [9.17, 15) is 22.8 Å². The van der Waals surface area contributed by atoms with E-state index in [1.165, 1.54) is 18.6 Å². The second-order valence-electron chi connectivity index (χ2n) is 11.2. The SMILES string of the molecule is CCCCCCCCOc1ccc(C(=O)Oc2ccc(C3CCC(OC(=O)C(F)CCCCC)CC3)cc2)c(F)c1F. The zero-order valence-corrected chi connectivity index (χ0v) is 25.0. The van der Waals surface area contributed by atoms with E-state index >= 15 is 0 Å². The predicted molar refractivity (Wildman–Crippen MR) is 157 cm³/mol. The van der Waals surface area contributed by atoms with Gasteiger partial charge in [0.05, 0.1) is 12.2 Å². The summed E-state index contributed by atoms with van der Waals surface area (Å²) in [5, 5.41) is 0. The van der Waals surface area contributed by atoms with Crippen molar-refractivity contribution in [2.75, 3.05) is 6.61 Å². The Morgan fingerprint density at radius 2 is 1.45 bits per heavy atom. The number of benzene rings is 2. The number of carbonyl (C=O) groups excluding carboxylic acids is 2. The summed E-state index contributed by atoms with van der Waals surface area (Å²) in [5.74, 6) is -4.03. The van der Waals surface area contributed by atoms with Gasteiger partial charge in [-0.25, -0.2) is 18.4 Å². The lowest BCUT2D eigenvalue weighted by Crippen LogP contribution is -2.28. The van der Waals surface area contributed by atoms with Crippen molar-refractivity contribution in [1.29, 1.82) is 0 Å². The normalized spacial score (nSPS) is 17.5. The third-order valence-electron chi connectivity index (χ3n) is 7.86. The van der Waals surface area contributed by atoms with Crippen molar-refractivity contribution < 1.29 is 37.0 Å². The minimum atomic E-state index is -1.56. The van der Waals surface area contributed by atoms with Crippen molar-refractivity contribution in [3.05, 3.63) is 59.2 Å². The van der Waals surface area contributed by atoms with Crippen LogP contribution in [0.3, 0.4) is 0 Å². The third kappa shape index (κ3) is 10.4. The molecule has 1 fully saturated rings. The summed E-state index contributed by atoms with van der Waals surface area (Å²) in [5.41, 5.74) is 0.531. The molecule has 1 atom stereocenters. The number of hydrogen-bond donors (Lipinski definition) is 0. The van der Waals surface area contributed by atoms with Crippen LogP contribution in [0.2, 0.25) is 0 Å². The van der Waals surface area contributed by atoms with E-state index in [0.717, 1.165) is 63.4 Å². The molecule has 232 valence electrons. The zero-order chi connectivity index (χ0) is 30.3. The zero-order valence-electron chi connectivity index (χ0n) is 25.0. The highest BCUT2D eigenvalue weighted by Crippen LogP contribution is 2.35. The van der Waals surface area contributed by atoms with Crippen LogP contribution in [0.4, 0.5) is 13.2 Å². The fraction of sp³-hybridized carbons (Fsp3) is 0.588. The summed E-state index contributed by atoms with van der Waals surface area (Å²) in [4.78, 5) is 24.6. The van der Waals surface area contributed by atoms with Crippen molar-refractivity contribution in [2.45, 2.75) is 122 Å². The van der Waals surface area contributed by atoms with E-state index in [-0.39, 0.29) is 36.5 Å². The van der Waals surface area contributed by atoms with Gasteiger partial charge in [0.25, 0.3) is 0 Å². The van der Waals surface area contributed by atoms with Gasteiger partial charge in [-0.15, -0.1) is 0 Å². The van der Waals surface area contributed by atoms with E-state index in [2.05, 4.69) is 6.92 Å². The van der Waals surface area contributed by atoms with Crippen molar-refractivity contribution in [3.8, 4) is 11.5 Å². The number of hydrogen-bond acceptors (Lipinski definition) is 5. The first-order chi connectivity index (χ1) is 20.3. The smallest absolute Gasteiger partial charge is 0.346 e. The van der Waals surface area contributed by atoms with Crippen LogP contribution in [0, 0.1) is 11.6 Å². The van der Waals surface area contributed by atoms with Gasteiger partial charge in [0.2, 0.25) is 5.82 Å². The lowest BCUT2D eigenvalue weighted by molar-refractivity contribution is -0.157. The molecule has 0 heterocycles. The molecule has 8 heteroatoms. The molecule has 0 aromatic heterocycles. The van der Waals surface area contributed by atoms with Gasteiger partial charge < -0.3 is 14.2 Å². The largest absolute Gasteiger partial charge is 0.490 e. The molecule has 1 unspecified atom stereocenters. The van der Waals surface area contributed by atoms with Gasteiger partial charge in [-0.05, 0) is 80.7 Å². The highest BCUT2D eigenvalue weighted by molar-refractivity contribution is 5.91. The minimum Gasteiger partial charge on any atom is -0.490 e. The summed E-state index contributed by atoms with van der Waals surface area (Å²) in [6, 6.07) is 9.34. The molecular formula is C34H45F3O5. The molecule has 1 saturated carbocycles. The first-order valence-corrected chi connectivity index (χ1v) is 15.6. The Kier molecular flexibility index (Phi) is 14.2. The van der Waals surface area contributed by atoms with Crippen molar-refractivity contribution in [2.24, 2.45) is 0 Å². The first kappa shape index (κ1) is 33.5. The molecule has 0 saturated heterocycles. The Labute approximate surface area is 248 Å². The molecule has 0 aliphatic heterocycles. The van der Waals surface area contributed by atoms with E-state index in [1.54, 1.807) is 12.1 Å². The molecule has 0 spiro atoms. The Balaban J connectivity index is 1.45. The van der Waals surface area contributed by atoms with Gasteiger partial charge in [0, 0.05) is 0 Å². The van der Waals surface area contributed by atoms with Crippen LogP contribution >= 0.6 is 0 Å². The van der Waals surface area contributed by atoms with Crippen molar-refractivity contribution >= 4 is 11.9 Å². The fourth-order valence-corrected chi connectivity index (χ4v) is 5.28. The van der Waals surface area contributed by atoms with Crippen LogP contribution in [0.25, 0.3) is 0 Å². The molecule has 5 nitrogen and oxygen atoms in total. The third-order valence-corrected chi connectivity index (χ3v) is 7.86. The molecule has 1 aliphatic rings. The molecule has 0 radical (unpaired) electrons. The summed E-state index contributed by atoms with van der Waals surface area (Å²) in [7, 11) is 0. The Morgan fingerprint density at radius 1 is 0.810 bits per heavy atom.